The van der Waals surface area contributed by atoms with Gasteiger partial charge in [0.2, 0.25) is 0 Å². The van der Waals surface area contributed by atoms with Crippen LogP contribution in [0.25, 0.3) is 6.08 Å². The minimum Gasteiger partial charge on any atom is -0.465 e. The molecule has 108 valence electrons. The minimum absolute atomic E-state index is 0.419. The first-order valence-electron chi connectivity index (χ1n) is 6.22. The summed E-state index contributed by atoms with van der Waals surface area (Å²) in [6, 6.07) is 6.88. The SMILES string of the molecule is COC(=O)c1cccc(Cl)c1/C=C\Cc1sccc1C=O. The third-order valence-electron chi connectivity index (χ3n) is 2.95. The number of rotatable bonds is 5. The van der Waals surface area contributed by atoms with E-state index in [2.05, 4.69) is 0 Å². The first-order valence-corrected chi connectivity index (χ1v) is 7.48. The quantitative estimate of drug-likeness (QED) is 0.611. The van der Waals surface area contributed by atoms with Crippen molar-refractivity contribution in [1.82, 2.24) is 0 Å². The van der Waals surface area contributed by atoms with Gasteiger partial charge >= 0.3 is 5.97 Å². The fraction of sp³-hybridized carbons (Fsp3) is 0.125. The van der Waals surface area contributed by atoms with Gasteiger partial charge in [0.15, 0.2) is 6.29 Å². The predicted octanol–water partition coefficient (Wildman–Crippen LogP) is 4.26. The lowest BCUT2D eigenvalue weighted by Crippen LogP contribution is -2.03. The van der Waals surface area contributed by atoms with Crippen molar-refractivity contribution in [2.75, 3.05) is 7.11 Å². The average Bonchev–Trinajstić information content (AvgIpc) is 2.95. The zero-order valence-electron chi connectivity index (χ0n) is 11.3. The van der Waals surface area contributed by atoms with Crippen molar-refractivity contribution in [3.05, 3.63) is 62.3 Å². The molecule has 0 spiro atoms. The van der Waals surface area contributed by atoms with Gasteiger partial charge in [0.25, 0.3) is 0 Å². The van der Waals surface area contributed by atoms with E-state index in [4.69, 9.17) is 16.3 Å². The van der Waals surface area contributed by atoms with Crippen LogP contribution in [0.5, 0.6) is 0 Å². The van der Waals surface area contributed by atoms with Crippen molar-refractivity contribution in [2.24, 2.45) is 0 Å². The number of methoxy groups -OCH3 is 1. The highest BCUT2D eigenvalue weighted by atomic mass is 35.5. The second-order valence-electron chi connectivity index (χ2n) is 4.22. The van der Waals surface area contributed by atoms with E-state index in [0.717, 1.165) is 11.2 Å². The van der Waals surface area contributed by atoms with Gasteiger partial charge in [-0.05, 0) is 23.6 Å². The van der Waals surface area contributed by atoms with Crippen molar-refractivity contribution in [2.45, 2.75) is 6.42 Å². The number of hydrogen-bond acceptors (Lipinski definition) is 4. The second kappa shape index (κ2) is 7.20. The Hall–Kier alpha value is -1.91. The first-order chi connectivity index (χ1) is 10.2. The first kappa shape index (κ1) is 15.5. The Morgan fingerprint density at radius 2 is 2.19 bits per heavy atom. The highest BCUT2D eigenvalue weighted by Gasteiger charge is 2.12. The van der Waals surface area contributed by atoms with Crippen molar-refractivity contribution >= 4 is 41.3 Å². The number of aldehydes is 1. The number of carbonyl (C=O) groups excluding carboxylic acids is 2. The van der Waals surface area contributed by atoms with Gasteiger partial charge < -0.3 is 4.74 Å². The summed E-state index contributed by atoms with van der Waals surface area (Å²) in [7, 11) is 1.33. The maximum atomic E-state index is 11.7. The van der Waals surface area contributed by atoms with Crippen LogP contribution in [-0.2, 0) is 11.2 Å². The summed E-state index contributed by atoms with van der Waals surface area (Å²) < 4.78 is 4.74. The zero-order valence-corrected chi connectivity index (χ0v) is 12.9. The van der Waals surface area contributed by atoms with Crippen LogP contribution < -0.4 is 0 Å². The number of carbonyl (C=O) groups is 2. The van der Waals surface area contributed by atoms with Gasteiger partial charge in [0.05, 0.1) is 12.7 Å². The second-order valence-corrected chi connectivity index (χ2v) is 5.62. The Balaban J connectivity index is 2.25. The molecule has 0 atom stereocenters. The molecule has 0 aliphatic heterocycles. The standard InChI is InChI=1S/C16H13ClO3S/c1-20-16(19)13-5-2-6-14(17)12(13)4-3-7-15-11(10-18)8-9-21-15/h2-6,8-10H,7H2,1H3/b4-3-. The molecular weight excluding hydrogens is 308 g/mol. The number of hydrogen-bond donors (Lipinski definition) is 0. The van der Waals surface area contributed by atoms with Crippen LogP contribution >= 0.6 is 22.9 Å². The molecule has 3 nitrogen and oxygen atoms in total. The molecule has 0 saturated heterocycles. The molecule has 0 amide bonds. The predicted molar refractivity (Wildman–Crippen MR) is 85.2 cm³/mol. The van der Waals surface area contributed by atoms with Gasteiger partial charge in [-0.15, -0.1) is 11.3 Å². The van der Waals surface area contributed by atoms with Crippen molar-refractivity contribution < 1.29 is 14.3 Å². The molecule has 1 aromatic heterocycles. The number of allylic oxidation sites excluding steroid dienone is 1. The zero-order chi connectivity index (χ0) is 15.2. The molecule has 5 heteroatoms. The van der Waals surface area contributed by atoms with E-state index in [1.807, 2.05) is 11.5 Å². The van der Waals surface area contributed by atoms with Crippen LogP contribution in [0, 0.1) is 0 Å². The van der Waals surface area contributed by atoms with Crippen LogP contribution in [0.1, 0.15) is 31.2 Å². The highest BCUT2D eigenvalue weighted by Crippen LogP contribution is 2.23. The molecule has 2 aromatic rings. The van der Waals surface area contributed by atoms with Crippen molar-refractivity contribution in [1.29, 1.82) is 0 Å². The number of benzene rings is 1. The van der Waals surface area contributed by atoms with E-state index >= 15 is 0 Å². The van der Waals surface area contributed by atoms with E-state index in [1.165, 1.54) is 18.4 Å². The van der Waals surface area contributed by atoms with E-state index in [-0.39, 0.29) is 0 Å². The summed E-state index contributed by atoms with van der Waals surface area (Å²) in [5.41, 5.74) is 1.73. The lowest BCUT2D eigenvalue weighted by molar-refractivity contribution is 0.0600. The molecule has 0 fully saturated rings. The Labute approximate surface area is 131 Å². The molecular formula is C16H13ClO3S. The van der Waals surface area contributed by atoms with Crippen molar-refractivity contribution in [3.63, 3.8) is 0 Å². The van der Waals surface area contributed by atoms with Gasteiger partial charge in [-0.2, -0.15) is 0 Å². The van der Waals surface area contributed by atoms with Gasteiger partial charge in [-0.25, -0.2) is 4.79 Å². The molecule has 0 unspecified atom stereocenters. The largest absolute Gasteiger partial charge is 0.465 e. The van der Waals surface area contributed by atoms with E-state index < -0.39 is 5.97 Å². The Morgan fingerprint density at radius 3 is 2.90 bits per heavy atom. The van der Waals surface area contributed by atoms with Crippen LogP contribution in [-0.4, -0.2) is 19.4 Å². The Bertz CT molecular complexity index is 689. The molecule has 0 aliphatic rings. The number of ether oxygens (including phenoxy) is 1. The Kier molecular flexibility index (Phi) is 5.31. The summed E-state index contributed by atoms with van der Waals surface area (Å²) in [5, 5.41) is 2.36. The molecule has 1 heterocycles. The van der Waals surface area contributed by atoms with Crippen molar-refractivity contribution in [3.8, 4) is 0 Å². The van der Waals surface area contributed by atoms with Gasteiger partial charge in [0.1, 0.15) is 0 Å². The van der Waals surface area contributed by atoms with Crippen LogP contribution in [0.15, 0.2) is 35.7 Å². The lowest BCUT2D eigenvalue weighted by Gasteiger charge is -2.05. The van der Waals surface area contributed by atoms with Gasteiger partial charge in [0, 0.05) is 27.4 Å². The molecule has 1 aromatic carbocycles. The number of esters is 1. The highest BCUT2D eigenvalue weighted by molar-refractivity contribution is 7.10. The third-order valence-corrected chi connectivity index (χ3v) is 4.24. The topological polar surface area (TPSA) is 43.4 Å². The fourth-order valence-electron chi connectivity index (χ4n) is 1.90. The fourth-order valence-corrected chi connectivity index (χ4v) is 2.96. The average molecular weight is 321 g/mol. The molecule has 2 rings (SSSR count). The maximum absolute atomic E-state index is 11.7. The smallest absolute Gasteiger partial charge is 0.338 e. The van der Waals surface area contributed by atoms with E-state index in [1.54, 1.807) is 30.3 Å². The number of thiophene rings is 1. The summed E-state index contributed by atoms with van der Waals surface area (Å²) >= 11 is 7.66. The summed E-state index contributed by atoms with van der Waals surface area (Å²) in [6.07, 6.45) is 5.11. The van der Waals surface area contributed by atoms with Gasteiger partial charge in [-0.3, -0.25) is 4.79 Å². The molecule has 21 heavy (non-hydrogen) atoms. The van der Waals surface area contributed by atoms with Gasteiger partial charge in [-0.1, -0.05) is 29.8 Å². The van der Waals surface area contributed by atoms with Crippen LogP contribution in [0.2, 0.25) is 5.02 Å². The normalized spacial score (nSPS) is 10.8. The van der Waals surface area contributed by atoms with E-state index in [9.17, 15) is 9.59 Å². The third kappa shape index (κ3) is 3.60. The van der Waals surface area contributed by atoms with Crippen LogP contribution in [0.4, 0.5) is 0 Å². The Morgan fingerprint density at radius 1 is 1.38 bits per heavy atom. The maximum Gasteiger partial charge on any atom is 0.338 e. The molecule has 0 radical (unpaired) electrons. The minimum atomic E-state index is -0.429. The molecule has 0 bridgehead atoms. The summed E-state index contributed by atoms with van der Waals surface area (Å²) in [5.74, 6) is -0.429. The van der Waals surface area contributed by atoms with Crippen LogP contribution in [0.3, 0.4) is 0 Å². The van der Waals surface area contributed by atoms with E-state index in [0.29, 0.717) is 28.1 Å². The number of halogens is 1. The molecule has 0 saturated carbocycles. The molecule has 0 N–H and O–H groups in total. The molecule has 0 aliphatic carbocycles. The lowest BCUT2D eigenvalue weighted by atomic mass is 10.1. The monoisotopic (exact) mass is 320 g/mol. The summed E-state index contributed by atoms with van der Waals surface area (Å²) in [6.45, 7) is 0. The summed E-state index contributed by atoms with van der Waals surface area (Å²) in [4.78, 5) is 23.6.